The molecule has 150 valence electrons. The van der Waals surface area contributed by atoms with Crippen LogP contribution in [-0.2, 0) is 13.0 Å². The molecule has 4 nitrogen and oxygen atoms in total. The molecule has 1 heterocycles. The number of methoxy groups -OCH3 is 2. The van der Waals surface area contributed by atoms with Gasteiger partial charge in [-0.05, 0) is 52.9 Å². The Balaban J connectivity index is 1.60. The van der Waals surface area contributed by atoms with E-state index in [0.29, 0.717) is 12.4 Å². The maximum atomic E-state index is 6.02. The molecule has 0 radical (unpaired) electrons. The summed E-state index contributed by atoms with van der Waals surface area (Å²) in [7, 11) is 3.31. The number of hydrogen-bond donors (Lipinski definition) is 1. The Kier molecular flexibility index (Phi) is 6.07. The van der Waals surface area contributed by atoms with Gasteiger partial charge in [-0.1, -0.05) is 52.3 Å². The van der Waals surface area contributed by atoms with Crippen LogP contribution in [0.2, 0.25) is 0 Å². The molecule has 1 N–H and O–H groups in total. The molecule has 0 saturated carbocycles. The molecule has 0 spiro atoms. The normalized spacial score (nSPS) is 15.5. The van der Waals surface area contributed by atoms with Crippen LogP contribution in [0.1, 0.15) is 28.3 Å². The number of benzene rings is 3. The molecule has 0 aromatic heterocycles. The summed E-state index contributed by atoms with van der Waals surface area (Å²) in [5.74, 6) is 2.34. The topological polar surface area (TPSA) is 39.7 Å². The molecule has 0 fully saturated rings. The SMILES string of the molecule is COc1cc(Br)c(C2NCCc3cc(OCc4ccccc4)ccc32)cc1OC. The number of fused-ring (bicyclic) bond motifs is 1. The highest BCUT2D eigenvalue weighted by atomic mass is 79.9. The van der Waals surface area contributed by atoms with Crippen molar-refractivity contribution in [1.82, 2.24) is 5.32 Å². The standard InChI is InChI=1S/C24H24BrNO3/c1-27-22-13-20(21(25)14-23(22)28-2)24-19-9-8-18(12-17(19)10-11-26-24)29-15-16-6-4-3-5-7-16/h3-9,12-14,24,26H,10-11,15H2,1-2H3. The monoisotopic (exact) mass is 453 g/mol. The van der Waals surface area contributed by atoms with Gasteiger partial charge in [-0.3, -0.25) is 0 Å². The average Bonchev–Trinajstić information content (AvgIpc) is 2.77. The summed E-state index contributed by atoms with van der Waals surface area (Å²) in [6.07, 6.45) is 0.972. The quantitative estimate of drug-likeness (QED) is 0.550. The fraction of sp³-hybridized carbons (Fsp3) is 0.250. The van der Waals surface area contributed by atoms with Gasteiger partial charge in [0.05, 0.1) is 20.3 Å². The minimum absolute atomic E-state index is 0.0797. The van der Waals surface area contributed by atoms with Crippen molar-refractivity contribution in [3.63, 3.8) is 0 Å². The second kappa shape index (κ2) is 8.89. The molecular weight excluding hydrogens is 430 g/mol. The fourth-order valence-electron chi connectivity index (χ4n) is 3.74. The Morgan fingerprint density at radius 1 is 0.931 bits per heavy atom. The summed E-state index contributed by atoms with van der Waals surface area (Å²) in [6, 6.07) is 20.7. The van der Waals surface area contributed by atoms with Gasteiger partial charge in [-0.15, -0.1) is 0 Å². The maximum absolute atomic E-state index is 6.02. The molecule has 3 aromatic carbocycles. The van der Waals surface area contributed by atoms with Crippen LogP contribution in [0.5, 0.6) is 17.2 Å². The van der Waals surface area contributed by atoms with E-state index < -0.39 is 0 Å². The third kappa shape index (κ3) is 4.26. The molecule has 1 unspecified atom stereocenters. The first kappa shape index (κ1) is 19.8. The van der Waals surface area contributed by atoms with Crippen molar-refractivity contribution < 1.29 is 14.2 Å². The second-order valence-corrected chi connectivity index (χ2v) is 7.86. The Labute approximate surface area is 179 Å². The van der Waals surface area contributed by atoms with E-state index in [0.717, 1.165) is 34.5 Å². The third-order valence-corrected chi connectivity index (χ3v) is 5.92. The van der Waals surface area contributed by atoms with Gasteiger partial charge in [0.1, 0.15) is 12.4 Å². The van der Waals surface area contributed by atoms with E-state index >= 15 is 0 Å². The van der Waals surface area contributed by atoms with Crippen LogP contribution in [0, 0.1) is 0 Å². The molecule has 3 aromatic rings. The van der Waals surface area contributed by atoms with Crippen LogP contribution < -0.4 is 19.5 Å². The summed E-state index contributed by atoms with van der Waals surface area (Å²) >= 11 is 3.70. The zero-order valence-corrected chi connectivity index (χ0v) is 18.2. The van der Waals surface area contributed by atoms with Gasteiger partial charge in [0.25, 0.3) is 0 Å². The minimum Gasteiger partial charge on any atom is -0.493 e. The first-order chi connectivity index (χ1) is 14.2. The van der Waals surface area contributed by atoms with Crippen LogP contribution >= 0.6 is 15.9 Å². The van der Waals surface area contributed by atoms with Gasteiger partial charge in [0, 0.05) is 11.0 Å². The minimum atomic E-state index is 0.0797. The Morgan fingerprint density at radius 3 is 2.45 bits per heavy atom. The Bertz CT molecular complexity index is 991. The van der Waals surface area contributed by atoms with Crippen molar-refractivity contribution in [3.05, 3.63) is 87.4 Å². The molecule has 0 bridgehead atoms. The Morgan fingerprint density at radius 2 is 1.69 bits per heavy atom. The third-order valence-electron chi connectivity index (χ3n) is 5.23. The second-order valence-electron chi connectivity index (χ2n) is 7.00. The highest BCUT2D eigenvalue weighted by Gasteiger charge is 2.25. The zero-order valence-electron chi connectivity index (χ0n) is 16.6. The predicted molar refractivity (Wildman–Crippen MR) is 118 cm³/mol. The van der Waals surface area contributed by atoms with Gasteiger partial charge in [-0.25, -0.2) is 0 Å². The molecule has 5 heteroatoms. The molecule has 0 aliphatic carbocycles. The average molecular weight is 454 g/mol. The van der Waals surface area contributed by atoms with E-state index in [4.69, 9.17) is 14.2 Å². The van der Waals surface area contributed by atoms with Gasteiger partial charge < -0.3 is 19.5 Å². The molecule has 0 saturated heterocycles. The number of rotatable bonds is 6. The van der Waals surface area contributed by atoms with Gasteiger partial charge in [0.2, 0.25) is 0 Å². The lowest BCUT2D eigenvalue weighted by Gasteiger charge is -2.29. The molecule has 0 amide bonds. The van der Waals surface area contributed by atoms with Crippen LogP contribution in [0.3, 0.4) is 0 Å². The summed E-state index contributed by atoms with van der Waals surface area (Å²) < 4.78 is 17.9. The fourth-order valence-corrected chi connectivity index (χ4v) is 4.29. The lowest BCUT2D eigenvalue weighted by molar-refractivity contribution is 0.305. The molecule has 29 heavy (non-hydrogen) atoms. The lowest BCUT2D eigenvalue weighted by atomic mass is 9.89. The molecule has 1 aliphatic heterocycles. The number of ether oxygens (including phenoxy) is 3. The molecular formula is C24H24BrNO3. The molecule has 1 aliphatic rings. The Hall–Kier alpha value is -2.50. The highest BCUT2D eigenvalue weighted by molar-refractivity contribution is 9.10. The van der Waals surface area contributed by atoms with Crippen LogP contribution in [0.15, 0.2) is 65.1 Å². The predicted octanol–water partition coefficient (Wildman–Crippen LogP) is 5.28. The van der Waals surface area contributed by atoms with Gasteiger partial charge in [0.15, 0.2) is 11.5 Å². The van der Waals surface area contributed by atoms with Gasteiger partial charge >= 0.3 is 0 Å². The number of halogens is 1. The van der Waals surface area contributed by atoms with Crippen molar-refractivity contribution in [2.24, 2.45) is 0 Å². The first-order valence-electron chi connectivity index (χ1n) is 9.64. The number of hydrogen-bond acceptors (Lipinski definition) is 4. The van der Waals surface area contributed by atoms with Crippen molar-refractivity contribution in [1.29, 1.82) is 0 Å². The van der Waals surface area contributed by atoms with Crippen LogP contribution in [-0.4, -0.2) is 20.8 Å². The van der Waals surface area contributed by atoms with Crippen LogP contribution in [0.25, 0.3) is 0 Å². The summed E-state index contributed by atoms with van der Waals surface area (Å²) in [5.41, 5.74) is 4.86. The molecule has 1 atom stereocenters. The van der Waals surface area contributed by atoms with E-state index in [9.17, 15) is 0 Å². The number of nitrogens with one attached hydrogen (secondary N) is 1. The summed E-state index contributed by atoms with van der Waals surface area (Å²) in [4.78, 5) is 0. The van der Waals surface area contributed by atoms with E-state index in [-0.39, 0.29) is 6.04 Å². The van der Waals surface area contributed by atoms with E-state index in [2.05, 4.69) is 51.6 Å². The van der Waals surface area contributed by atoms with Crippen molar-refractivity contribution in [3.8, 4) is 17.2 Å². The van der Waals surface area contributed by atoms with E-state index in [1.165, 1.54) is 16.7 Å². The largest absolute Gasteiger partial charge is 0.493 e. The maximum Gasteiger partial charge on any atom is 0.161 e. The first-order valence-corrected chi connectivity index (χ1v) is 10.4. The highest BCUT2D eigenvalue weighted by Crippen LogP contribution is 2.40. The van der Waals surface area contributed by atoms with Gasteiger partial charge in [-0.2, -0.15) is 0 Å². The van der Waals surface area contributed by atoms with Crippen molar-refractivity contribution in [2.45, 2.75) is 19.1 Å². The van der Waals surface area contributed by atoms with Crippen LogP contribution in [0.4, 0.5) is 0 Å². The van der Waals surface area contributed by atoms with E-state index in [1.54, 1.807) is 14.2 Å². The lowest BCUT2D eigenvalue weighted by Crippen LogP contribution is -2.30. The summed E-state index contributed by atoms with van der Waals surface area (Å²) in [5, 5.41) is 3.63. The smallest absolute Gasteiger partial charge is 0.161 e. The van der Waals surface area contributed by atoms with Crippen molar-refractivity contribution >= 4 is 15.9 Å². The van der Waals surface area contributed by atoms with Crippen molar-refractivity contribution in [2.75, 3.05) is 20.8 Å². The summed E-state index contributed by atoms with van der Waals surface area (Å²) in [6.45, 7) is 1.48. The molecule has 4 rings (SSSR count). The van der Waals surface area contributed by atoms with E-state index in [1.807, 2.05) is 30.3 Å². The zero-order chi connectivity index (χ0) is 20.2.